The zero-order valence-corrected chi connectivity index (χ0v) is 11.8. The van der Waals surface area contributed by atoms with E-state index in [9.17, 15) is 4.79 Å². The second-order valence-electron chi connectivity index (χ2n) is 4.04. The summed E-state index contributed by atoms with van der Waals surface area (Å²) in [5, 5.41) is 11.7. The van der Waals surface area contributed by atoms with Gasteiger partial charge in [-0.05, 0) is 24.6 Å². The van der Waals surface area contributed by atoms with E-state index < -0.39 is 6.04 Å². The van der Waals surface area contributed by atoms with Crippen LogP contribution in [0.1, 0.15) is 31.7 Å². The number of carbonyl (C=O) groups excluding carboxylic acids is 1. The number of nitrogens with one attached hydrogen (secondary N) is 1. The van der Waals surface area contributed by atoms with E-state index in [2.05, 4.69) is 21.2 Å². The second kappa shape index (κ2) is 7.14. The van der Waals surface area contributed by atoms with Gasteiger partial charge in [-0.25, -0.2) is 0 Å². The number of benzene rings is 1. The SMILES string of the molecule is CCCC[C@H](N)C(=O)Nc1ccc(Br)cc1C#N. The third kappa shape index (κ3) is 4.13. The Balaban J connectivity index is 2.73. The molecular weight excluding hydrogens is 294 g/mol. The first-order chi connectivity index (χ1) is 8.58. The van der Waals surface area contributed by atoms with E-state index in [1.165, 1.54) is 0 Å². The summed E-state index contributed by atoms with van der Waals surface area (Å²) < 4.78 is 0.798. The first-order valence-electron chi connectivity index (χ1n) is 5.84. The number of nitrogens with two attached hydrogens (primary N) is 1. The van der Waals surface area contributed by atoms with Gasteiger partial charge >= 0.3 is 0 Å². The molecule has 0 fully saturated rings. The number of amides is 1. The number of hydrogen-bond donors (Lipinski definition) is 2. The van der Waals surface area contributed by atoms with Crippen molar-refractivity contribution in [3.8, 4) is 6.07 Å². The normalized spacial score (nSPS) is 11.7. The maximum absolute atomic E-state index is 11.8. The molecule has 0 bridgehead atoms. The summed E-state index contributed by atoms with van der Waals surface area (Å²) in [7, 11) is 0. The van der Waals surface area contributed by atoms with Crippen LogP contribution < -0.4 is 11.1 Å². The van der Waals surface area contributed by atoms with Crippen molar-refractivity contribution in [1.82, 2.24) is 0 Å². The van der Waals surface area contributed by atoms with Crippen LogP contribution in [-0.2, 0) is 4.79 Å². The van der Waals surface area contributed by atoms with E-state index in [4.69, 9.17) is 11.0 Å². The van der Waals surface area contributed by atoms with Gasteiger partial charge in [0.15, 0.2) is 0 Å². The van der Waals surface area contributed by atoms with Crippen LogP contribution >= 0.6 is 15.9 Å². The molecule has 1 amide bonds. The summed E-state index contributed by atoms with van der Waals surface area (Å²) in [6, 6.07) is 6.63. The molecule has 0 spiro atoms. The lowest BCUT2D eigenvalue weighted by Gasteiger charge is -2.12. The van der Waals surface area contributed by atoms with Gasteiger partial charge in [0.2, 0.25) is 5.91 Å². The van der Waals surface area contributed by atoms with E-state index in [0.29, 0.717) is 17.7 Å². The van der Waals surface area contributed by atoms with Crippen molar-refractivity contribution in [2.45, 2.75) is 32.2 Å². The molecule has 0 aliphatic carbocycles. The zero-order chi connectivity index (χ0) is 13.5. The smallest absolute Gasteiger partial charge is 0.241 e. The quantitative estimate of drug-likeness (QED) is 0.877. The molecule has 1 aromatic rings. The molecule has 1 atom stereocenters. The van der Waals surface area contributed by atoms with Crippen molar-refractivity contribution in [2.75, 3.05) is 5.32 Å². The van der Waals surface area contributed by atoms with E-state index in [0.717, 1.165) is 17.3 Å². The molecule has 0 aromatic heterocycles. The van der Waals surface area contributed by atoms with Gasteiger partial charge in [0, 0.05) is 4.47 Å². The molecule has 0 aliphatic rings. The molecule has 5 heteroatoms. The van der Waals surface area contributed by atoms with Gasteiger partial charge in [-0.1, -0.05) is 35.7 Å². The summed E-state index contributed by atoms with van der Waals surface area (Å²) in [6.07, 6.45) is 2.57. The highest BCUT2D eigenvalue weighted by Gasteiger charge is 2.14. The predicted octanol–water partition coefficient (Wildman–Crippen LogP) is 2.78. The summed E-state index contributed by atoms with van der Waals surface area (Å²) in [4.78, 5) is 11.8. The molecular formula is C13H16BrN3O. The van der Waals surface area contributed by atoms with E-state index >= 15 is 0 Å². The third-order valence-corrected chi connectivity index (χ3v) is 3.06. The van der Waals surface area contributed by atoms with Crippen LogP contribution in [0.4, 0.5) is 5.69 Å². The van der Waals surface area contributed by atoms with Crippen LogP contribution in [-0.4, -0.2) is 11.9 Å². The fourth-order valence-corrected chi connectivity index (χ4v) is 1.86. The Labute approximate surface area is 115 Å². The molecule has 1 aromatic carbocycles. The number of halogens is 1. The van der Waals surface area contributed by atoms with Crippen molar-refractivity contribution < 1.29 is 4.79 Å². The van der Waals surface area contributed by atoms with Gasteiger partial charge in [0.1, 0.15) is 6.07 Å². The van der Waals surface area contributed by atoms with E-state index in [1.54, 1.807) is 18.2 Å². The Morgan fingerprint density at radius 2 is 2.33 bits per heavy atom. The Bertz CT molecular complexity index is 468. The first kappa shape index (κ1) is 14.7. The van der Waals surface area contributed by atoms with Crippen LogP contribution in [0.2, 0.25) is 0 Å². The van der Waals surface area contributed by atoms with Crippen LogP contribution in [0.25, 0.3) is 0 Å². The van der Waals surface area contributed by atoms with Gasteiger partial charge in [-0.2, -0.15) is 5.26 Å². The van der Waals surface area contributed by atoms with Crippen LogP contribution in [0.15, 0.2) is 22.7 Å². The molecule has 0 aliphatic heterocycles. The minimum Gasteiger partial charge on any atom is -0.324 e. The maximum atomic E-state index is 11.8. The highest BCUT2D eigenvalue weighted by Crippen LogP contribution is 2.20. The number of nitrogens with zero attached hydrogens (tertiary/aromatic N) is 1. The molecule has 0 saturated heterocycles. The molecule has 96 valence electrons. The van der Waals surface area contributed by atoms with Crippen molar-refractivity contribution in [2.24, 2.45) is 5.73 Å². The second-order valence-corrected chi connectivity index (χ2v) is 4.96. The van der Waals surface area contributed by atoms with Gasteiger partial charge in [-0.3, -0.25) is 4.79 Å². The standard InChI is InChI=1S/C13H16BrN3O/c1-2-3-4-11(16)13(18)17-12-6-5-10(14)7-9(12)8-15/h5-7,11H,2-4,16H2,1H3,(H,17,18)/t11-/m0/s1. The first-order valence-corrected chi connectivity index (χ1v) is 6.64. The molecule has 3 N–H and O–H groups in total. The van der Waals surface area contributed by atoms with E-state index in [1.807, 2.05) is 13.0 Å². The molecule has 0 heterocycles. The van der Waals surface area contributed by atoms with Gasteiger partial charge < -0.3 is 11.1 Å². The largest absolute Gasteiger partial charge is 0.324 e. The summed E-state index contributed by atoms with van der Waals surface area (Å²) in [6.45, 7) is 2.05. The van der Waals surface area contributed by atoms with Gasteiger partial charge in [0.05, 0.1) is 17.3 Å². The minimum atomic E-state index is -0.528. The maximum Gasteiger partial charge on any atom is 0.241 e. The van der Waals surface area contributed by atoms with Crippen LogP contribution in [0.3, 0.4) is 0 Å². The number of rotatable bonds is 5. The Hall–Kier alpha value is -1.38. The lowest BCUT2D eigenvalue weighted by Crippen LogP contribution is -2.35. The lowest BCUT2D eigenvalue weighted by atomic mass is 10.1. The molecule has 1 rings (SSSR count). The number of hydrogen-bond acceptors (Lipinski definition) is 3. The zero-order valence-electron chi connectivity index (χ0n) is 10.2. The van der Waals surface area contributed by atoms with Crippen molar-refractivity contribution in [3.63, 3.8) is 0 Å². The Morgan fingerprint density at radius 3 is 2.94 bits per heavy atom. The molecule has 18 heavy (non-hydrogen) atoms. The highest BCUT2D eigenvalue weighted by molar-refractivity contribution is 9.10. The number of unbranched alkanes of at least 4 members (excludes halogenated alkanes) is 1. The highest BCUT2D eigenvalue weighted by atomic mass is 79.9. The van der Waals surface area contributed by atoms with Gasteiger partial charge in [0.25, 0.3) is 0 Å². The Morgan fingerprint density at radius 1 is 1.61 bits per heavy atom. The van der Waals surface area contributed by atoms with Crippen LogP contribution in [0, 0.1) is 11.3 Å². The van der Waals surface area contributed by atoms with E-state index in [-0.39, 0.29) is 5.91 Å². The monoisotopic (exact) mass is 309 g/mol. The minimum absolute atomic E-state index is 0.248. The van der Waals surface area contributed by atoms with Crippen molar-refractivity contribution >= 4 is 27.5 Å². The summed E-state index contributed by atoms with van der Waals surface area (Å²) in [5.74, 6) is -0.248. The lowest BCUT2D eigenvalue weighted by molar-refractivity contribution is -0.117. The molecule has 0 unspecified atom stereocenters. The number of anilines is 1. The summed E-state index contributed by atoms with van der Waals surface area (Å²) in [5.41, 5.74) is 6.68. The predicted molar refractivity (Wildman–Crippen MR) is 75.0 cm³/mol. The van der Waals surface area contributed by atoms with Crippen molar-refractivity contribution in [1.29, 1.82) is 5.26 Å². The average Bonchev–Trinajstić information content (AvgIpc) is 2.37. The number of nitriles is 1. The third-order valence-electron chi connectivity index (χ3n) is 2.57. The topological polar surface area (TPSA) is 78.9 Å². The summed E-state index contributed by atoms with van der Waals surface area (Å²) >= 11 is 3.28. The van der Waals surface area contributed by atoms with Gasteiger partial charge in [-0.15, -0.1) is 0 Å². The molecule has 0 saturated carbocycles. The molecule has 4 nitrogen and oxygen atoms in total. The fraction of sp³-hybridized carbons (Fsp3) is 0.385. The van der Waals surface area contributed by atoms with Crippen LogP contribution in [0.5, 0.6) is 0 Å². The fourth-order valence-electron chi connectivity index (χ4n) is 1.50. The average molecular weight is 310 g/mol. The number of carbonyl (C=O) groups is 1. The molecule has 0 radical (unpaired) electrons. The Kier molecular flexibility index (Phi) is 5.83. The van der Waals surface area contributed by atoms with Crippen molar-refractivity contribution in [3.05, 3.63) is 28.2 Å².